The lowest BCUT2D eigenvalue weighted by molar-refractivity contribution is 0.0989. The molecule has 0 unspecified atom stereocenters. The smallest absolute Gasteiger partial charge is 0.241 e. The standard InChI is InChI=1S/C17H16N2O5S/c1-11(20)15-8-13-16(6-5-14(23-2)17(13)24-15)25(21,22)19-10-12-4-3-7-18-9-12/h3-9,19H,10H2,1-2H3. The van der Waals surface area contributed by atoms with Crippen molar-refractivity contribution in [3.8, 4) is 5.75 Å². The van der Waals surface area contributed by atoms with Crippen molar-refractivity contribution in [3.63, 3.8) is 0 Å². The number of Topliss-reactive ketones (excluding diaryl/α,β-unsaturated/α-hetero) is 1. The van der Waals surface area contributed by atoms with Crippen LogP contribution in [0.1, 0.15) is 23.0 Å². The number of aromatic nitrogens is 1. The van der Waals surface area contributed by atoms with Gasteiger partial charge < -0.3 is 9.15 Å². The molecule has 0 saturated carbocycles. The Morgan fingerprint density at radius 1 is 1.32 bits per heavy atom. The maximum absolute atomic E-state index is 12.7. The number of carbonyl (C=O) groups excluding carboxylic acids is 1. The van der Waals surface area contributed by atoms with Gasteiger partial charge in [-0.25, -0.2) is 13.1 Å². The zero-order valence-corrected chi connectivity index (χ0v) is 14.5. The largest absolute Gasteiger partial charge is 0.493 e. The fourth-order valence-electron chi connectivity index (χ4n) is 2.40. The molecule has 2 heterocycles. The third-order valence-electron chi connectivity index (χ3n) is 3.65. The first-order chi connectivity index (χ1) is 11.9. The van der Waals surface area contributed by atoms with Gasteiger partial charge in [-0.2, -0.15) is 0 Å². The number of methoxy groups -OCH3 is 1. The molecular formula is C17H16N2O5S. The monoisotopic (exact) mass is 360 g/mol. The summed E-state index contributed by atoms with van der Waals surface area (Å²) in [4.78, 5) is 15.5. The van der Waals surface area contributed by atoms with Crippen LogP contribution in [0.3, 0.4) is 0 Å². The molecule has 0 saturated heterocycles. The quantitative estimate of drug-likeness (QED) is 0.678. The lowest BCUT2D eigenvalue weighted by Crippen LogP contribution is -2.23. The van der Waals surface area contributed by atoms with Crippen LogP contribution >= 0.6 is 0 Å². The van der Waals surface area contributed by atoms with Crippen LogP contribution in [0, 0.1) is 0 Å². The molecule has 0 atom stereocenters. The molecule has 3 aromatic rings. The van der Waals surface area contributed by atoms with E-state index in [-0.39, 0.29) is 28.6 Å². The Hall–Kier alpha value is -2.71. The zero-order valence-electron chi connectivity index (χ0n) is 13.6. The van der Waals surface area contributed by atoms with Gasteiger partial charge in [0.05, 0.1) is 12.0 Å². The summed E-state index contributed by atoms with van der Waals surface area (Å²) in [6.07, 6.45) is 3.19. The predicted octanol–water partition coefficient (Wildman–Crippen LogP) is 2.52. The summed E-state index contributed by atoms with van der Waals surface area (Å²) in [6.45, 7) is 1.44. The first-order valence-corrected chi connectivity index (χ1v) is 8.91. The van der Waals surface area contributed by atoms with Gasteiger partial charge in [-0.05, 0) is 29.8 Å². The second-order valence-electron chi connectivity index (χ2n) is 5.36. The Morgan fingerprint density at radius 2 is 2.12 bits per heavy atom. The van der Waals surface area contributed by atoms with Crippen LogP contribution in [-0.4, -0.2) is 26.3 Å². The van der Waals surface area contributed by atoms with Crippen molar-refractivity contribution in [1.29, 1.82) is 0 Å². The molecule has 0 spiro atoms. The summed E-state index contributed by atoms with van der Waals surface area (Å²) in [7, 11) is -2.38. The van der Waals surface area contributed by atoms with Crippen molar-refractivity contribution < 1.29 is 22.4 Å². The normalized spacial score (nSPS) is 11.6. The topological polar surface area (TPSA) is 98.5 Å². The van der Waals surface area contributed by atoms with Crippen LogP contribution in [0.4, 0.5) is 0 Å². The number of hydrogen-bond acceptors (Lipinski definition) is 6. The summed E-state index contributed by atoms with van der Waals surface area (Å²) in [5.74, 6) is 0.127. The molecule has 0 bridgehead atoms. The van der Waals surface area contributed by atoms with Gasteiger partial charge in [-0.15, -0.1) is 0 Å². The second kappa shape index (κ2) is 6.66. The number of pyridine rings is 1. The minimum atomic E-state index is -3.83. The van der Waals surface area contributed by atoms with E-state index in [0.717, 1.165) is 5.56 Å². The van der Waals surface area contributed by atoms with Gasteiger partial charge in [0.15, 0.2) is 22.9 Å². The van der Waals surface area contributed by atoms with E-state index in [1.165, 1.54) is 32.2 Å². The second-order valence-corrected chi connectivity index (χ2v) is 7.10. The summed E-state index contributed by atoms with van der Waals surface area (Å²) in [5, 5.41) is 0.295. The average Bonchev–Trinajstić information content (AvgIpc) is 3.05. The summed E-state index contributed by atoms with van der Waals surface area (Å²) in [5.41, 5.74) is 0.949. The first-order valence-electron chi connectivity index (χ1n) is 7.42. The third kappa shape index (κ3) is 3.40. The molecule has 0 aliphatic rings. The number of furan rings is 1. The molecule has 0 radical (unpaired) electrons. The third-order valence-corrected chi connectivity index (χ3v) is 5.11. The van der Waals surface area contributed by atoms with Crippen LogP contribution in [0.2, 0.25) is 0 Å². The maximum Gasteiger partial charge on any atom is 0.241 e. The fourth-order valence-corrected chi connectivity index (χ4v) is 3.60. The van der Waals surface area contributed by atoms with Gasteiger partial charge in [-0.1, -0.05) is 6.07 Å². The van der Waals surface area contributed by atoms with Gasteiger partial charge in [0.2, 0.25) is 10.0 Å². The Bertz CT molecular complexity index is 1030. The summed E-state index contributed by atoms with van der Waals surface area (Å²) < 4.78 is 38.6. The Labute approximate surface area is 144 Å². The molecule has 0 aliphatic heterocycles. The molecule has 3 rings (SSSR count). The minimum Gasteiger partial charge on any atom is -0.493 e. The molecule has 0 amide bonds. The molecule has 1 aromatic carbocycles. The number of nitrogens with zero attached hydrogens (tertiary/aromatic N) is 1. The highest BCUT2D eigenvalue weighted by atomic mass is 32.2. The van der Waals surface area contributed by atoms with Crippen molar-refractivity contribution in [2.75, 3.05) is 7.11 Å². The number of ether oxygens (including phenoxy) is 1. The van der Waals surface area contributed by atoms with Crippen molar-refractivity contribution in [3.05, 3.63) is 54.0 Å². The predicted molar refractivity (Wildman–Crippen MR) is 91.0 cm³/mol. The van der Waals surface area contributed by atoms with Crippen LogP contribution in [0.15, 0.2) is 52.0 Å². The van der Waals surface area contributed by atoms with E-state index in [9.17, 15) is 13.2 Å². The molecule has 0 fully saturated rings. The maximum atomic E-state index is 12.7. The van der Waals surface area contributed by atoms with E-state index in [4.69, 9.17) is 9.15 Å². The van der Waals surface area contributed by atoms with Gasteiger partial charge in [0.25, 0.3) is 0 Å². The Balaban J connectivity index is 2.03. The number of ketones is 1. The molecule has 25 heavy (non-hydrogen) atoms. The molecule has 2 aromatic heterocycles. The van der Waals surface area contributed by atoms with Crippen molar-refractivity contribution in [1.82, 2.24) is 9.71 Å². The molecule has 0 aliphatic carbocycles. The Morgan fingerprint density at radius 3 is 2.76 bits per heavy atom. The van der Waals surface area contributed by atoms with Gasteiger partial charge in [0, 0.05) is 31.2 Å². The number of rotatable bonds is 6. The SMILES string of the molecule is COc1ccc(S(=O)(=O)NCc2cccnc2)c2cc(C(C)=O)oc12. The summed E-state index contributed by atoms with van der Waals surface area (Å²) >= 11 is 0. The molecule has 8 heteroatoms. The van der Waals surface area contributed by atoms with Gasteiger partial charge >= 0.3 is 0 Å². The highest BCUT2D eigenvalue weighted by molar-refractivity contribution is 7.89. The fraction of sp³-hybridized carbons (Fsp3) is 0.176. The number of benzene rings is 1. The van der Waals surface area contributed by atoms with Gasteiger partial charge in [-0.3, -0.25) is 9.78 Å². The van der Waals surface area contributed by atoms with Crippen molar-refractivity contribution in [2.24, 2.45) is 0 Å². The first kappa shape index (κ1) is 17.1. The molecular weight excluding hydrogens is 344 g/mol. The van der Waals surface area contributed by atoms with Crippen LogP contribution in [0.25, 0.3) is 11.0 Å². The molecule has 130 valence electrons. The van der Waals surface area contributed by atoms with Crippen LogP contribution in [0.5, 0.6) is 5.75 Å². The van der Waals surface area contributed by atoms with Crippen molar-refractivity contribution >= 4 is 26.8 Å². The minimum absolute atomic E-state index is 0.0171. The highest BCUT2D eigenvalue weighted by Gasteiger charge is 2.23. The van der Waals surface area contributed by atoms with E-state index in [2.05, 4.69) is 9.71 Å². The van der Waals surface area contributed by atoms with E-state index in [1.807, 2.05) is 0 Å². The lowest BCUT2D eigenvalue weighted by atomic mass is 10.2. The van der Waals surface area contributed by atoms with E-state index in [1.54, 1.807) is 24.5 Å². The Kier molecular flexibility index (Phi) is 4.56. The van der Waals surface area contributed by atoms with E-state index >= 15 is 0 Å². The number of sulfonamides is 1. The van der Waals surface area contributed by atoms with Crippen molar-refractivity contribution in [2.45, 2.75) is 18.4 Å². The summed E-state index contributed by atoms with van der Waals surface area (Å²) in [6, 6.07) is 7.83. The highest BCUT2D eigenvalue weighted by Crippen LogP contribution is 2.33. The zero-order chi connectivity index (χ0) is 18.0. The van der Waals surface area contributed by atoms with Crippen LogP contribution in [-0.2, 0) is 16.6 Å². The number of carbonyl (C=O) groups is 1. The molecule has 7 nitrogen and oxygen atoms in total. The number of hydrogen-bond donors (Lipinski definition) is 1. The molecule has 1 N–H and O–H groups in total. The van der Waals surface area contributed by atoms with Gasteiger partial charge in [0.1, 0.15) is 0 Å². The average molecular weight is 360 g/mol. The number of fused-ring (bicyclic) bond motifs is 1. The van der Waals surface area contributed by atoms with Crippen LogP contribution < -0.4 is 9.46 Å². The van der Waals surface area contributed by atoms with E-state index < -0.39 is 10.0 Å². The lowest BCUT2D eigenvalue weighted by Gasteiger charge is -2.09. The number of nitrogens with one attached hydrogen (secondary N) is 1. The van der Waals surface area contributed by atoms with E-state index in [0.29, 0.717) is 11.1 Å².